The average molecular weight is 229 g/mol. The smallest absolute Gasteiger partial charge is 0.150 e. The summed E-state index contributed by atoms with van der Waals surface area (Å²) in [5.74, 6) is 0.612. The number of aliphatic hydroxyl groups excluding tert-OH is 1. The van der Waals surface area contributed by atoms with Crippen molar-refractivity contribution in [2.75, 3.05) is 6.54 Å². The molecule has 0 saturated heterocycles. The van der Waals surface area contributed by atoms with Gasteiger partial charge in [-0.1, -0.05) is 18.2 Å². The molecule has 3 heteroatoms. The van der Waals surface area contributed by atoms with Gasteiger partial charge in [-0.05, 0) is 18.1 Å². The summed E-state index contributed by atoms with van der Waals surface area (Å²) in [7, 11) is 0. The number of allylic oxidation sites excluding steroid dienone is 3. The minimum atomic E-state index is -0.537. The third-order valence-corrected chi connectivity index (χ3v) is 3.86. The Balaban J connectivity index is 2.19. The van der Waals surface area contributed by atoms with E-state index in [0.717, 1.165) is 41.7 Å². The fourth-order valence-electron chi connectivity index (χ4n) is 3.06. The topological polar surface area (TPSA) is 49.7 Å². The molecule has 1 N–H and O–H groups in total. The van der Waals surface area contributed by atoms with E-state index in [0.29, 0.717) is 5.92 Å². The standard InChI is InChI=1S/C14H15NO2/c1-8(17)11-4-2-9-6-15-12-5-3-10(7-16)13(11)14(9)12/h2-4,7-9,14,17H,5-6H2,1H3. The summed E-state index contributed by atoms with van der Waals surface area (Å²) < 4.78 is 0. The van der Waals surface area contributed by atoms with Crippen LogP contribution in [0.5, 0.6) is 0 Å². The molecule has 3 aliphatic rings. The van der Waals surface area contributed by atoms with E-state index in [-0.39, 0.29) is 5.92 Å². The summed E-state index contributed by atoms with van der Waals surface area (Å²) in [5.41, 5.74) is 3.78. The Hall–Kier alpha value is -1.48. The maximum atomic E-state index is 11.2. The van der Waals surface area contributed by atoms with Crippen molar-refractivity contribution in [3.05, 3.63) is 34.9 Å². The van der Waals surface area contributed by atoms with E-state index < -0.39 is 6.10 Å². The third-order valence-electron chi connectivity index (χ3n) is 3.86. The second-order valence-corrected chi connectivity index (χ2v) is 4.86. The number of carbonyl (C=O) groups excluding carboxylic acids is 1. The zero-order valence-electron chi connectivity index (χ0n) is 9.76. The first-order chi connectivity index (χ1) is 8.22. The molecular formula is C14H15NO2. The summed E-state index contributed by atoms with van der Waals surface area (Å²) in [6.07, 6.45) is 7.16. The first-order valence-electron chi connectivity index (χ1n) is 6.01. The largest absolute Gasteiger partial charge is 0.389 e. The van der Waals surface area contributed by atoms with Crippen molar-refractivity contribution in [2.24, 2.45) is 16.8 Å². The first-order valence-corrected chi connectivity index (χ1v) is 6.01. The van der Waals surface area contributed by atoms with Crippen molar-refractivity contribution in [2.45, 2.75) is 19.4 Å². The summed E-state index contributed by atoms with van der Waals surface area (Å²) in [4.78, 5) is 15.7. The zero-order chi connectivity index (χ0) is 12.0. The van der Waals surface area contributed by atoms with Crippen LogP contribution in [0.3, 0.4) is 0 Å². The Kier molecular flexibility index (Phi) is 2.37. The van der Waals surface area contributed by atoms with Crippen LogP contribution >= 0.6 is 0 Å². The van der Waals surface area contributed by atoms with Crippen LogP contribution in [0.2, 0.25) is 0 Å². The van der Waals surface area contributed by atoms with Crippen molar-refractivity contribution >= 4 is 12.0 Å². The highest BCUT2D eigenvalue weighted by Gasteiger charge is 2.39. The lowest BCUT2D eigenvalue weighted by Gasteiger charge is -2.31. The Morgan fingerprint density at radius 1 is 1.59 bits per heavy atom. The van der Waals surface area contributed by atoms with Crippen LogP contribution in [0, 0.1) is 11.8 Å². The highest BCUT2D eigenvalue weighted by molar-refractivity contribution is 6.00. The van der Waals surface area contributed by atoms with Gasteiger partial charge in [-0.15, -0.1) is 0 Å². The predicted molar refractivity (Wildman–Crippen MR) is 65.9 cm³/mol. The first kappa shape index (κ1) is 10.7. The number of aldehydes is 1. The number of rotatable bonds is 2. The molecule has 17 heavy (non-hydrogen) atoms. The van der Waals surface area contributed by atoms with E-state index >= 15 is 0 Å². The van der Waals surface area contributed by atoms with Crippen LogP contribution in [0.1, 0.15) is 13.3 Å². The minimum absolute atomic E-state index is 0.231. The lowest BCUT2D eigenvalue weighted by atomic mass is 9.71. The summed E-state index contributed by atoms with van der Waals surface area (Å²) in [6, 6.07) is 0. The highest BCUT2D eigenvalue weighted by atomic mass is 16.3. The van der Waals surface area contributed by atoms with Gasteiger partial charge >= 0.3 is 0 Å². The molecule has 0 fully saturated rings. The normalized spacial score (nSPS) is 31.9. The van der Waals surface area contributed by atoms with Crippen molar-refractivity contribution in [3.63, 3.8) is 0 Å². The molecule has 0 spiro atoms. The molecule has 3 rings (SSSR count). The molecule has 3 unspecified atom stereocenters. The van der Waals surface area contributed by atoms with Gasteiger partial charge in [-0.25, -0.2) is 0 Å². The third kappa shape index (κ3) is 1.46. The predicted octanol–water partition coefficient (Wildman–Crippen LogP) is 1.45. The Morgan fingerprint density at radius 3 is 3.12 bits per heavy atom. The molecule has 0 bridgehead atoms. The molecule has 2 aliphatic carbocycles. The lowest BCUT2D eigenvalue weighted by molar-refractivity contribution is -0.104. The van der Waals surface area contributed by atoms with Gasteiger partial charge < -0.3 is 5.11 Å². The number of hydrogen-bond donors (Lipinski definition) is 1. The molecule has 0 aromatic rings. The molecule has 0 aromatic heterocycles. The molecule has 0 aromatic carbocycles. The molecule has 88 valence electrons. The van der Waals surface area contributed by atoms with Gasteiger partial charge in [0.15, 0.2) is 0 Å². The van der Waals surface area contributed by atoms with Gasteiger partial charge in [-0.2, -0.15) is 0 Å². The van der Waals surface area contributed by atoms with E-state index in [1.807, 2.05) is 12.2 Å². The second kappa shape index (κ2) is 3.77. The van der Waals surface area contributed by atoms with Gasteiger partial charge in [0, 0.05) is 36.1 Å². The number of nitrogens with zero attached hydrogens (tertiary/aromatic N) is 1. The fourth-order valence-corrected chi connectivity index (χ4v) is 3.06. The van der Waals surface area contributed by atoms with E-state index in [9.17, 15) is 9.90 Å². The van der Waals surface area contributed by atoms with Gasteiger partial charge in [0.1, 0.15) is 6.29 Å². The van der Waals surface area contributed by atoms with E-state index in [4.69, 9.17) is 0 Å². The van der Waals surface area contributed by atoms with Crippen LogP contribution in [0.25, 0.3) is 0 Å². The number of carbonyl (C=O) groups is 1. The zero-order valence-corrected chi connectivity index (χ0v) is 9.76. The molecule has 0 radical (unpaired) electrons. The molecule has 3 nitrogen and oxygen atoms in total. The SMILES string of the molecule is CC(O)C1=C2C(C=O)=CCC3=NCC(C=C1)C32. The molecule has 0 amide bonds. The molecule has 1 heterocycles. The van der Waals surface area contributed by atoms with Crippen LogP contribution in [0.15, 0.2) is 39.9 Å². The van der Waals surface area contributed by atoms with Gasteiger partial charge in [0.05, 0.1) is 6.10 Å². The number of aliphatic hydroxyl groups is 1. The molecule has 3 atom stereocenters. The molecule has 0 saturated carbocycles. The highest BCUT2D eigenvalue weighted by Crippen LogP contribution is 2.42. The van der Waals surface area contributed by atoms with E-state index in [1.165, 1.54) is 0 Å². The maximum Gasteiger partial charge on any atom is 0.150 e. The Labute approximate surface area is 100 Å². The minimum Gasteiger partial charge on any atom is -0.389 e. The Bertz CT molecular complexity index is 494. The van der Waals surface area contributed by atoms with Gasteiger partial charge in [0.2, 0.25) is 0 Å². The van der Waals surface area contributed by atoms with Crippen LogP contribution in [0.4, 0.5) is 0 Å². The summed E-state index contributed by atoms with van der Waals surface area (Å²) in [5, 5.41) is 9.83. The quantitative estimate of drug-likeness (QED) is 0.728. The number of hydrogen-bond acceptors (Lipinski definition) is 3. The van der Waals surface area contributed by atoms with Crippen molar-refractivity contribution in [3.8, 4) is 0 Å². The summed E-state index contributed by atoms with van der Waals surface area (Å²) in [6.45, 7) is 2.56. The van der Waals surface area contributed by atoms with E-state index in [1.54, 1.807) is 6.92 Å². The van der Waals surface area contributed by atoms with Gasteiger partial charge in [-0.3, -0.25) is 9.79 Å². The van der Waals surface area contributed by atoms with Crippen LogP contribution < -0.4 is 0 Å². The van der Waals surface area contributed by atoms with Gasteiger partial charge in [0.25, 0.3) is 0 Å². The monoisotopic (exact) mass is 229 g/mol. The van der Waals surface area contributed by atoms with Crippen molar-refractivity contribution in [1.29, 1.82) is 0 Å². The van der Waals surface area contributed by atoms with E-state index in [2.05, 4.69) is 11.1 Å². The lowest BCUT2D eigenvalue weighted by Crippen LogP contribution is -2.29. The molecule has 1 aliphatic heterocycles. The summed E-state index contributed by atoms with van der Waals surface area (Å²) >= 11 is 0. The van der Waals surface area contributed by atoms with Crippen molar-refractivity contribution in [1.82, 2.24) is 0 Å². The van der Waals surface area contributed by atoms with Crippen LogP contribution in [-0.2, 0) is 4.79 Å². The fraction of sp³-hybridized carbons (Fsp3) is 0.429. The second-order valence-electron chi connectivity index (χ2n) is 4.86. The average Bonchev–Trinajstić information content (AvgIpc) is 2.75. The van der Waals surface area contributed by atoms with Crippen molar-refractivity contribution < 1.29 is 9.90 Å². The number of aliphatic imine (C=N–C) groups is 1. The Morgan fingerprint density at radius 2 is 2.41 bits per heavy atom. The van der Waals surface area contributed by atoms with Crippen LogP contribution in [-0.4, -0.2) is 29.8 Å². The molecular weight excluding hydrogens is 214 g/mol. The maximum absolute atomic E-state index is 11.2.